The van der Waals surface area contributed by atoms with Crippen LogP contribution in [-0.2, 0) is 0 Å². The monoisotopic (exact) mass is 352 g/mol. The van der Waals surface area contributed by atoms with Crippen LogP contribution in [0.4, 0.5) is 0 Å². The molecule has 0 aromatic carbocycles. The van der Waals surface area contributed by atoms with E-state index in [1.165, 1.54) is 128 Å². The Hall–Kier alpha value is 0. The normalized spacial score (nSPS) is 12.0. The Morgan fingerprint density at radius 2 is 0.680 bits per heavy atom. The van der Waals surface area contributed by atoms with Crippen LogP contribution >= 0.6 is 0 Å². The standard InChI is InChI=1S/C25H52/c1-5-8-10-12-14-16-18-20-23-25(4,22-7-3)24-21-19-17-15-13-11-9-6-2/h5-24H2,1-4H3. The summed E-state index contributed by atoms with van der Waals surface area (Å²) in [6.07, 6.45) is 29.0. The maximum Gasteiger partial charge on any atom is -0.0326 e. The highest BCUT2D eigenvalue weighted by molar-refractivity contribution is 4.74. The maximum absolute atomic E-state index is 2.58. The van der Waals surface area contributed by atoms with Crippen molar-refractivity contribution in [2.75, 3.05) is 0 Å². The van der Waals surface area contributed by atoms with Crippen LogP contribution in [-0.4, -0.2) is 0 Å². The molecule has 0 bridgehead atoms. The topological polar surface area (TPSA) is 0 Å². The van der Waals surface area contributed by atoms with E-state index in [0.717, 1.165) is 0 Å². The molecule has 0 N–H and O–H groups in total. The second kappa shape index (κ2) is 18.8. The van der Waals surface area contributed by atoms with Gasteiger partial charge in [-0.1, -0.05) is 137 Å². The third-order valence-electron chi connectivity index (χ3n) is 6.12. The molecular weight excluding hydrogens is 300 g/mol. The van der Waals surface area contributed by atoms with Gasteiger partial charge in [0.15, 0.2) is 0 Å². The number of rotatable bonds is 20. The molecule has 0 aliphatic carbocycles. The van der Waals surface area contributed by atoms with Gasteiger partial charge in [-0.3, -0.25) is 0 Å². The Morgan fingerprint density at radius 1 is 0.360 bits per heavy atom. The summed E-state index contributed by atoms with van der Waals surface area (Å²) in [6, 6.07) is 0. The summed E-state index contributed by atoms with van der Waals surface area (Å²) in [5.41, 5.74) is 0.638. The fraction of sp³-hybridized carbons (Fsp3) is 1.00. The molecule has 0 nitrogen and oxygen atoms in total. The molecule has 0 aromatic heterocycles. The zero-order valence-electron chi connectivity index (χ0n) is 18.6. The summed E-state index contributed by atoms with van der Waals surface area (Å²) in [5.74, 6) is 0. The molecule has 0 rings (SSSR count). The lowest BCUT2D eigenvalue weighted by Gasteiger charge is -2.29. The predicted molar refractivity (Wildman–Crippen MR) is 117 cm³/mol. The molecule has 0 amide bonds. The molecule has 0 spiro atoms. The lowest BCUT2D eigenvalue weighted by molar-refractivity contribution is 0.228. The Balaban J connectivity index is 3.66. The minimum absolute atomic E-state index is 0.638. The van der Waals surface area contributed by atoms with Crippen LogP contribution in [0.15, 0.2) is 0 Å². The van der Waals surface area contributed by atoms with Crippen molar-refractivity contribution >= 4 is 0 Å². The van der Waals surface area contributed by atoms with Gasteiger partial charge < -0.3 is 0 Å². The van der Waals surface area contributed by atoms with E-state index in [1.807, 2.05) is 0 Å². The van der Waals surface area contributed by atoms with Gasteiger partial charge in [-0.05, 0) is 24.7 Å². The Kier molecular flexibility index (Phi) is 18.8. The van der Waals surface area contributed by atoms with Crippen molar-refractivity contribution in [2.45, 2.75) is 156 Å². The second-order valence-electron chi connectivity index (χ2n) is 9.01. The van der Waals surface area contributed by atoms with E-state index in [4.69, 9.17) is 0 Å². The lowest BCUT2D eigenvalue weighted by Crippen LogP contribution is -2.16. The number of unbranched alkanes of at least 4 members (excludes halogenated alkanes) is 14. The minimum Gasteiger partial charge on any atom is -0.0654 e. The van der Waals surface area contributed by atoms with Crippen molar-refractivity contribution in [2.24, 2.45) is 5.41 Å². The molecule has 0 fully saturated rings. The van der Waals surface area contributed by atoms with Crippen LogP contribution in [0.25, 0.3) is 0 Å². The van der Waals surface area contributed by atoms with Crippen LogP contribution < -0.4 is 0 Å². The van der Waals surface area contributed by atoms with Crippen molar-refractivity contribution in [3.63, 3.8) is 0 Å². The van der Waals surface area contributed by atoms with Gasteiger partial charge in [-0.25, -0.2) is 0 Å². The van der Waals surface area contributed by atoms with Crippen molar-refractivity contribution in [3.05, 3.63) is 0 Å². The van der Waals surface area contributed by atoms with Gasteiger partial charge in [0.1, 0.15) is 0 Å². The number of hydrogen-bond donors (Lipinski definition) is 0. The van der Waals surface area contributed by atoms with E-state index < -0.39 is 0 Å². The first-order valence-electron chi connectivity index (χ1n) is 12.2. The summed E-state index contributed by atoms with van der Waals surface area (Å²) in [4.78, 5) is 0. The fourth-order valence-electron chi connectivity index (χ4n) is 4.35. The first-order chi connectivity index (χ1) is 12.2. The van der Waals surface area contributed by atoms with Crippen LogP contribution in [0.2, 0.25) is 0 Å². The van der Waals surface area contributed by atoms with E-state index >= 15 is 0 Å². The highest BCUT2D eigenvalue weighted by atomic mass is 14.3. The van der Waals surface area contributed by atoms with Crippen LogP contribution in [0.3, 0.4) is 0 Å². The van der Waals surface area contributed by atoms with Crippen molar-refractivity contribution < 1.29 is 0 Å². The SMILES string of the molecule is CCCCCCCCCCC(C)(CCC)CCCCCCCCCC. The lowest BCUT2D eigenvalue weighted by atomic mass is 9.76. The smallest absolute Gasteiger partial charge is 0.0326 e. The highest BCUT2D eigenvalue weighted by Crippen LogP contribution is 2.36. The van der Waals surface area contributed by atoms with E-state index in [0.29, 0.717) is 5.41 Å². The summed E-state index contributed by atoms with van der Waals surface area (Å²) >= 11 is 0. The minimum atomic E-state index is 0.638. The molecule has 0 radical (unpaired) electrons. The van der Waals surface area contributed by atoms with E-state index in [-0.39, 0.29) is 0 Å². The van der Waals surface area contributed by atoms with Gasteiger partial charge in [-0.2, -0.15) is 0 Å². The maximum atomic E-state index is 2.58. The zero-order chi connectivity index (χ0) is 18.6. The molecule has 152 valence electrons. The van der Waals surface area contributed by atoms with Gasteiger partial charge in [0.05, 0.1) is 0 Å². The molecule has 0 aliphatic heterocycles. The van der Waals surface area contributed by atoms with Crippen molar-refractivity contribution in [1.82, 2.24) is 0 Å². The third-order valence-corrected chi connectivity index (χ3v) is 6.12. The molecule has 25 heavy (non-hydrogen) atoms. The van der Waals surface area contributed by atoms with Gasteiger partial charge in [0, 0.05) is 0 Å². The first kappa shape index (κ1) is 25.0. The van der Waals surface area contributed by atoms with Crippen LogP contribution in [0, 0.1) is 5.41 Å². The summed E-state index contributed by atoms with van der Waals surface area (Å²) < 4.78 is 0. The third kappa shape index (κ3) is 17.2. The van der Waals surface area contributed by atoms with Gasteiger partial charge in [-0.15, -0.1) is 0 Å². The fourth-order valence-corrected chi connectivity index (χ4v) is 4.35. The van der Waals surface area contributed by atoms with E-state index in [2.05, 4.69) is 27.7 Å². The molecule has 0 heterocycles. The van der Waals surface area contributed by atoms with Crippen LogP contribution in [0.5, 0.6) is 0 Å². The Bertz CT molecular complexity index is 222. The molecule has 0 saturated carbocycles. The zero-order valence-corrected chi connectivity index (χ0v) is 18.6. The summed E-state index contributed by atoms with van der Waals surface area (Å²) in [5, 5.41) is 0. The predicted octanol–water partition coefficient (Wildman–Crippen LogP) is 9.85. The quantitative estimate of drug-likeness (QED) is 0.191. The molecule has 0 aromatic rings. The molecule has 0 unspecified atom stereocenters. The Labute approximate surface area is 161 Å². The second-order valence-corrected chi connectivity index (χ2v) is 9.01. The van der Waals surface area contributed by atoms with Crippen LogP contribution in [0.1, 0.15) is 156 Å². The largest absolute Gasteiger partial charge is 0.0654 e. The van der Waals surface area contributed by atoms with Gasteiger partial charge in [0.25, 0.3) is 0 Å². The first-order valence-corrected chi connectivity index (χ1v) is 12.2. The average molecular weight is 353 g/mol. The molecule has 0 atom stereocenters. The van der Waals surface area contributed by atoms with E-state index in [1.54, 1.807) is 0 Å². The van der Waals surface area contributed by atoms with E-state index in [9.17, 15) is 0 Å². The highest BCUT2D eigenvalue weighted by Gasteiger charge is 2.21. The van der Waals surface area contributed by atoms with Gasteiger partial charge >= 0.3 is 0 Å². The van der Waals surface area contributed by atoms with Crippen molar-refractivity contribution in [3.8, 4) is 0 Å². The number of hydrogen-bond acceptors (Lipinski definition) is 0. The molecule has 0 aliphatic rings. The average Bonchev–Trinajstić information content (AvgIpc) is 2.60. The molecular formula is C25H52. The van der Waals surface area contributed by atoms with Gasteiger partial charge in [0.2, 0.25) is 0 Å². The van der Waals surface area contributed by atoms with Crippen molar-refractivity contribution in [1.29, 1.82) is 0 Å². The molecule has 0 saturated heterocycles. The molecule has 0 heteroatoms. The summed E-state index contributed by atoms with van der Waals surface area (Å²) in [7, 11) is 0. The summed E-state index contributed by atoms with van der Waals surface area (Å²) in [6.45, 7) is 9.57. The Morgan fingerprint density at radius 3 is 1.00 bits per heavy atom.